The smallest absolute Gasteiger partial charge is 0.223 e. The van der Waals surface area contributed by atoms with Crippen molar-refractivity contribution in [2.45, 2.75) is 26.8 Å². The van der Waals surface area contributed by atoms with Crippen molar-refractivity contribution in [3.63, 3.8) is 0 Å². The van der Waals surface area contributed by atoms with Crippen LogP contribution in [-0.4, -0.2) is 15.1 Å². The van der Waals surface area contributed by atoms with Crippen LogP contribution < -0.4 is 5.32 Å². The SMILES string of the molecule is Cc1ccc2cc(-c3noc(C)n3)c(N[C@H](C)c3ccc(F)cc3)nc2c1. The van der Waals surface area contributed by atoms with Gasteiger partial charge in [0.15, 0.2) is 0 Å². The quantitative estimate of drug-likeness (QED) is 0.540. The van der Waals surface area contributed by atoms with Crippen LogP contribution >= 0.6 is 0 Å². The first-order valence-electron chi connectivity index (χ1n) is 8.74. The number of aromatic nitrogens is 3. The predicted octanol–water partition coefficient (Wildman–Crippen LogP) is 5.21. The molecule has 5 nitrogen and oxygen atoms in total. The summed E-state index contributed by atoms with van der Waals surface area (Å²) in [6.45, 7) is 5.79. The number of pyridine rings is 1. The molecule has 0 bridgehead atoms. The van der Waals surface area contributed by atoms with E-state index < -0.39 is 0 Å². The van der Waals surface area contributed by atoms with E-state index in [0.717, 1.165) is 27.6 Å². The summed E-state index contributed by atoms with van der Waals surface area (Å²) in [4.78, 5) is 9.15. The average Bonchev–Trinajstić information content (AvgIpc) is 3.07. The molecule has 1 N–H and O–H groups in total. The lowest BCUT2D eigenvalue weighted by Gasteiger charge is -2.17. The maximum Gasteiger partial charge on any atom is 0.223 e. The fourth-order valence-electron chi connectivity index (χ4n) is 3.01. The highest BCUT2D eigenvalue weighted by molar-refractivity contribution is 5.88. The first-order valence-corrected chi connectivity index (χ1v) is 8.74. The fraction of sp³-hybridized carbons (Fsp3) is 0.190. The molecule has 2 heterocycles. The summed E-state index contributed by atoms with van der Waals surface area (Å²) >= 11 is 0. The third kappa shape index (κ3) is 3.51. The highest BCUT2D eigenvalue weighted by Crippen LogP contribution is 2.31. The Morgan fingerprint density at radius 1 is 1.00 bits per heavy atom. The lowest BCUT2D eigenvalue weighted by atomic mass is 10.1. The van der Waals surface area contributed by atoms with Crippen molar-refractivity contribution in [1.29, 1.82) is 0 Å². The van der Waals surface area contributed by atoms with Gasteiger partial charge in [0.1, 0.15) is 11.6 Å². The number of nitrogens with zero attached hydrogens (tertiary/aromatic N) is 3. The zero-order valence-corrected chi connectivity index (χ0v) is 15.3. The van der Waals surface area contributed by atoms with Crippen LogP contribution in [0.2, 0.25) is 0 Å². The van der Waals surface area contributed by atoms with Crippen molar-refractivity contribution in [3.8, 4) is 11.4 Å². The second kappa shape index (κ2) is 6.79. The third-order valence-corrected chi connectivity index (χ3v) is 4.46. The van der Waals surface area contributed by atoms with E-state index in [1.54, 1.807) is 19.1 Å². The number of hydrogen-bond donors (Lipinski definition) is 1. The molecule has 0 aliphatic carbocycles. The highest BCUT2D eigenvalue weighted by atomic mass is 19.1. The molecule has 4 aromatic rings. The summed E-state index contributed by atoms with van der Waals surface area (Å²) in [5.74, 6) is 1.38. The van der Waals surface area contributed by atoms with Gasteiger partial charge >= 0.3 is 0 Å². The van der Waals surface area contributed by atoms with E-state index in [0.29, 0.717) is 17.5 Å². The molecular formula is C21H19FN4O. The van der Waals surface area contributed by atoms with Crippen LogP contribution in [-0.2, 0) is 0 Å². The Balaban J connectivity index is 1.80. The van der Waals surface area contributed by atoms with Gasteiger partial charge in [-0.05, 0) is 49.2 Å². The molecule has 0 unspecified atom stereocenters. The van der Waals surface area contributed by atoms with Gasteiger partial charge in [-0.1, -0.05) is 29.4 Å². The molecule has 27 heavy (non-hydrogen) atoms. The van der Waals surface area contributed by atoms with Gasteiger partial charge in [-0.3, -0.25) is 0 Å². The second-order valence-corrected chi connectivity index (χ2v) is 6.64. The zero-order chi connectivity index (χ0) is 19.0. The van der Waals surface area contributed by atoms with E-state index >= 15 is 0 Å². The van der Waals surface area contributed by atoms with E-state index in [1.807, 2.05) is 38.1 Å². The molecule has 6 heteroatoms. The van der Waals surface area contributed by atoms with Gasteiger partial charge in [-0.15, -0.1) is 0 Å². The average molecular weight is 362 g/mol. The second-order valence-electron chi connectivity index (χ2n) is 6.64. The summed E-state index contributed by atoms with van der Waals surface area (Å²) in [6.07, 6.45) is 0. The summed E-state index contributed by atoms with van der Waals surface area (Å²) < 4.78 is 18.4. The molecule has 0 saturated carbocycles. The van der Waals surface area contributed by atoms with Gasteiger partial charge in [0.2, 0.25) is 11.7 Å². The number of benzene rings is 2. The molecule has 4 rings (SSSR count). The maximum absolute atomic E-state index is 13.2. The minimum absolute atomic E-state index is 0.0768. The maximum atomic E-state index is 13.2. The summed E-state index contributed by atoms with van der Waals surface area (Å²) in [7, 11) is 0. The van der Waals surface area contributed by atoms with Crippen LogP contribution in [0.15, 0.2) is 53.1 Å². The molecular weight excluding hydrogens is 343 g/mol. The molecule has 2 aromatic carbocycles. The molecule has 136 valence electrons. The molecule has 2 aromatic heterocycles. The summed E-state index contributed by atoms with van der Waals surface area (Å²) in [6, 6.07) is 14.5. The number of rotatable bonds is 4. The Kier molecular flexibility index (Phi) is 4.32. The largest absolute Gasteiger partial charge is 0.363 e. The van der Waals surface area contributed by atoms with Gasteiger partial charge < -0.3 is 9.84 Å². The van der Waals surface area contributed by atoms with Crippen LogP contribution in [0.4, 0.5) is 10.2 Å². The van der Waals surface area contributed by atoms with E-state index in [1.165, 1.54) is 12.1 Å². The van der Waals surface area contributed by atoms with Gasteiger partial charge in [0.05, 0.1) is 11.1 Å². The molecule has 0 radical (unpaired) electrons. The van der Waals surface area contributed by atoms with Crippen LogP contribution in [0.5, 0.6) is 0 Å². The fourth-order valence-corrected chi connectivity index (χ4v) is 3.01. The molecule has 0 saturated heterocycles. The molecule has 0 aliphatic heterocycles. The van der Waals surface area contributed by atoms with Crippen molar-refractivity contribution in [2.24, 2.45) is 0 Å². The lowest BCUT2D eigenvalue weighted by Crippen LogP contribution is -2.09. The normalized spacial score (nSPS) is 12.3. The van der Waals surface area contributed by atoms with Crippen molar-refractivity contribution in [2.75, 3.05) is 5.32 Å². The zero-order valence-electron chi connectivity index (χ0n) is 15.3. The highest BCUT2D eigenvalue weighted by Gasteiger charge is 2.17. The van der Waals surface area contributed by atoms with E-state index in [4.69, 9.17) is 9.51 Å². The van der Waals surface area contributed by atoms with Crippen molar-refractivity contribution < 1.29 is 8.91 Å². The van der Waals surface area contributed by atoms with Crippen LogP contribution in [0.3, 0.4) is 0 Å². The summed E-state index contributed by atoms with van der Waals surface area (Å²) in [5, 5.41) is 8.46. The van der Waals surface area contributed by atoms with Gasteiger partial charge in [0, 0.05) is 18.4 Å². The summed E-state index contributed by atoms with van der Waals surface area (Å²) in [5.41, 5.74) is 3.73. The van der Waals surface area contributed by atoms with E-state index in [-0.39, 0.29) is 11.9 Å². The Labute approximate surface area is 156 Å². The first kappa shape index (κ1) is 17.1. The van der Waals surface area contributed by atoms with Crippen molar-refractivity contribution in [3.05, 3.63) is 71.4 Å². The standard InChI is InChI=1S/C21H19FN4O/c1-12-4-5-16-11-18(21-24-14(3)27-26-21)20(25-19(16)10-12)23-13(2)15-6-8-17(22)9-7-15/h4-11,13H,1-3H3,(H,23,25)/t13-/m1/s1. The number of halogens is 1. The number of anilines is 1. The van der Waals surface area contributed by atoms with Gasteiger partial charge in [-0.2, -0.15) is 4.98 Å². The van der Waals surface area contributed by atoms with E-state index in [2.05, 4.69) is 15.5 Å². The minimum atomic E-state index is -0.256. The Morgan fingerprint density at radius 2 is 1.78 bits per heavy atom. The topological polar surface area (TPSA) is 63.8 Å². The molecule has 0 amide bonds. The molecule has 0 aliphatic rings. The first-order chi connectivity index (χ1) is 13.0. The van der Waals surface area contributed by atoms with Gasteiger partial charge in [-0.25, -0.2) is 9.37 Å². The monoisotopic (exact) mass is 362 g/mol. The molecule has 0 fully saturated rings. The lowest BCUT2D eigenvalue weighted by molar-refractivity contribution is 0.394. The Bertz CT molecular complexity index is 1110. The van der Waals surface area contributed by atoms with Crippen LogP contribution in [0.25, 0.3) is 22.3 Å². The number of fused-ring (bicyclic) bond motifs is 1. The molecule has 0 spiro atoms. The van der Waals surface area contributed by atoms with Gasteiger partial charge in [0.25, 0.3) is 0 Å². The molecule has 1 atom stereocenters. The van der Waals surface area contributed by atoms with Crippen molar-refractivity contribution >= 4 is 16.7 Å². The Hall–Kier alpha value is -3.28. The minimum Gasteiger partial charge on any atom is -0.363 e. The number of aryl methyl sites for hydroxylation is 2. The third-order valence-electron chi connectivity index (χ3n) is 4.46. The number of nitrogens with one attached hydrogen (secondary N) is 1. The predicted molar refractivity (Wildman–Crippen MR) is 103 cm³/mol. The van der Waals surface area contributed by atoms with Crippen LogP contribution in [0, 0.1) is 19.7 Å². The van der Waals surface area contributed by atoms with Crippen molar-refractivity contribution in [1.82, 2.24) is 15.1 Å². The van der Waals surface area contributed by atoms with E-state index in [9.17, 15) is 4.39 Å². The Morgan fingerprint density at radius 3 is 2.48 bits per heavy atom. The van der Waals surface area contributed by atoms with Crippen LogP contribution in [0.1, 0.15) is 30.0 Å². The number of hydrogen-bond acceptors (Lipinski definition) is 5.